The van der Waals surface area contributed by atoms with Gasteiger partial charge in [0.25, 0.3) is 15.9 Å². The Kier molecular flexibility index (Phi) is 13.1. The number of para-hydroxylation sites is 1. The molecule has 2 aromatic carbocycles. The molecule has 324 valence electrons. The summed E-state index contributed by atoms with van der Waals surface area (Å²) in [4.78, 5) is 65.5. The Morgan fingerprint density at radius 1 is 1.03 bits per heavy atom. The van der Waals surface area contributed by atoms with Crippen LogP contribution in [0.25, 0.3) is 22.3 Å². The highest BCUT2D eigenvalue weighted by atomic mass is 32.2. The van der Waals surface area contributed by atoms with Crippen LogP contribution < -0.4 is 30.1 Å². The smallest absolute Gasteiger partial charge is 0.306 e. The normalized spacial score (nSPS) is 22.9. The van der Waals surface area contributed by atoms with Gasteiger partial charge in [-0.2, -0.15) is 0 Å². The van der Waals surface area contributed by atoms with E-state index in [1.807, 2.05) is 37.4 Å². The monoisotopic (exact) mass is 873 g/mol. The highest BCUT2D eigenvalue weighted by Crippen LogP contribution is 2.46. The number of nitrogens with zero attached hydrogens (tertiary/aromatic N) is 3. The lowest BCUT2D eigenvalue weighted by Gasteiger charge is -2.26. The third-order valence-electron chi connectivity index (χ3n) is 11.0. The number of anilines is 2. The van der Waals surface area contributed by atoms with Gasteiger partial charge >= 0.3 is 5.97 Å². The number of allylic oxidation sites excluding steroid dienone is 1. The van der Waals surface area contributed by atoms with E-state index in [0.29, 0.717) is 46.0 Å². The number of aromatic nitrogens is 2. The molecule has 1 aliphatic carbocycles. The van der Waals surface area contributed by atoms with Crippen molar-refractivity contribution in [2.24, 2.45) is 5.92 Å². The van der Waals surface area contributed by atoms with Crippen molar-refractivity contribution < 1.29 is 41.8 Å². The van der Waals surface area contributed by atoms with Gasteiger partial charge in [0.15, 0.2) is 5.13 Å². The molecule has 0 spiro atoms. The molecule has 2 fully saturated rings. The number of carbonyl (C=O) groups excluding carboxylic acids is 4. The van der Waals surface area contributed by atoms with E-state index < -0.39 is 57.3 Å². The fourth-order valence-electron chi connectivity index (χ4n) is 7.73. The number of ether oxygens (including phenoxy) is 3. The Bertz CT molecular complexity index is 2440. The molecule has 2 aromatic heterocycles. The number of amides is 3. The van der Waals surface area contributed by atoms with Crippen molar-refractivity contribution in [1.29, 1.82) is 0 Å². The largest absolute Gasteiger partial charge is 0.497 e. The van der Waals surface area contributed by atoms with Gasteiger partial charge in [0.1, 0.15) is 39.8 Å². The Morgan fingerprint density at radius 3 is 2.64 bits per heavy atom. The molecule has 4 N–H and O–H groups in total. The molecular weight excluding hydrogens is 823 g/mol. The average molecular weight is 874 g/mol. The van der Waals surface area contributed by atoms with Gasteiger partial charge < -0.3 is 35.1 Å². The second-order valence-electron chi connectivity index (χ2n) is 15.7. The molecule has 1 saturated heterocycles. The summed E-state index contributed by atoms with van der Waals surface area (Å²) in [5.74, 6) is -2.08. The SMILES string of the molecule is COC(=O)CCC(=O)N1C[C@H](Oc2cc(-c3csc(NC(C)C)n3)nc3cc(OC)ccc23)C[C@H]1C(=O)N[C@]12CC1/C=C\CCCCCNc1ccccc1S(=O)(=O)NC2=O. The fraction of sp³-hybridized carbons (Fsp3) is 0.442. The summed E-state index contributed by atoms with van der Waals surface area (Å²) >= 11 is 1.45. The topological polar surface area (TPSA) is 207 Å². The van der Waals surface area contributed by atoms with E-state index in [-0.39, 0.29) is 43.2 Å². The lowest BCUT2D eigenvalue weighted by molar-refractivity contribution is -0.145. The molecule has 4 atom stereocenters. The van der Waals surface area contributed by atoms with Crippen LogP contribution in [0.5, 0.6) is 11.5 Å². The Hall–Kier alpha value is -5.75. The van der Waals surface area contributed by atoms with Crippen LogP contribution in [0.2, 0.25) is 0 Å². The summed E-state index contributed by atoms with van der Waals surface area (Å²) in [7, 11) is -1.58. The fourth-order valence-corrected chi connectivity index (χ4v) is 9.80. The van der Waals surface area contributed by atoms with Crippen molar-refractivity contribution >= 4 is 66.8 Å². The summed E-state index contributed by atoms with van der Waals surface area (Å²) in [5.41, 5.74) is 0.504. The second-order valence-corrected chi connectivity index (χ2v) is 18.3. The van der Waals surface area contributed by atoms with Crippen molar-refractivity contribution in [3.8, 4) is 22.9 Å². The third kappa shape index (κ3) is 9.91. The minimum Gasteiger partial charge on any atom is -0.497 e. The molecule has 1 unspecified atom stereocenters. The van der Waals surface area contributed by atoms with E-state index in [4.69, 9.17) is 24.2 Å². The van der Waals surface area contributed by atoms with Crippen LogP contribution in [0.4, 0.5) is 10.8 Å². The van der Waals surface area contributed by atoms with Gasteiger partial charge in [-0.1, -0.05) is 30.7 Å². The molecule has 0 radical (unpaired) electrons. The average Bonchev–Trinajstić information content (AvgIpc) is 3.50. The quantitative estimate of drug-likeness (QED) is 0.110. The van der Waals surface area contributed by atoms with Crippen LogP contribution >= 0.6 is 11.3 Å². The highest BCUT2D eigenvalue weighted by molar-refractivity contribution is 7.90. The van der Waals surface area contributed by atoms with Crippen LogP contribution in [0.1, 0.15) is 65.2 Å². The number of benzene rings is 2. The number of likely N-dealkylation sites (tertiary alicyclic amines) is 1. The van der Waals surface area contributed by atoms with Crippen molar-refractivity contribution in [2.75, 3.05) is 37.9 Å². The zero-order chi connectivity index (χ0) is 43.3. The van der Waals surface area contributed by atoms with E-state index in [9.17, 15) is 27.6 Å². The zero-order valence-electron chi connectivity index (χ0n) is 34.6. The maximum Gasteiger partial charge on any atom is 0.306 e. The van der Waals surface area contributed by atoms with Gasteiger partial charge in [-0.25, -0.2) is 23.1 Å². The first-order valence-corrected chi connectivity index (χ1v) is 22.8. The number of rotatable bonds is 11. The molecule has 4 heterocycles. The van der Waals surface area contributed by atoms with Gasteiger partial charge in [-0.15, -0.1) is 11.3 Å². The number of esters is 1. The number of thiazole rings is 1. The number of hydrogen-bond donors (Lipinski definition) is 4. The number of fused-ring (bicyclic) bond motifs is 3. The lowest BCUT2D eigenvalue weighted by Crippen LogP contribution is -2.56. The van der Waals surface area contributed by atoms with Crippen molar-refractivity contribution in [3.05, 3.63) is 66.1 Å². The molecule has 3 aliphatic rings. The van der Waals surface area contributed by atoms with E-state index in [1.54, 1.807) is 43.5 Å². The Morgan fingerprint density at radius 2 is 1.85 bits per heavy atom. The third-order valence-corrected chi connectivity index (χ3v) is 13.2. The summed E-state index contributed by atoms with van der Waals surface area (Å²) in [6.45, 7) is 4.58. The minimum atomic E-state index is -4.37. The van der Waals surface area contributed by atoms with Crippen molar-refractivity contribution in [3.63, 3.8) is 0 Å². The number of methoxy groups -OCH3 is 2. The summed E-state index contributed by atoms with van der Waals surface area (Å²) in [6.07, 6.45) is 6.21. The molecule has 61 heavy (non-hydrogen) atoms. The predicted molar refractivity (Wildman–Crippen MR) is 231 cm³/mol. The summed E-state index contributed by atoms with van der Waals surface area (Å²) in [5, 5.41) is 12.7. The summed E-state index contributed by atoms with van der Waals surface area (Å²) < 4.78 is 46.7. The number of pyridine rings is 1. The molecule has 3 amide bonds. The van der Waals surface area contributed by atoms with Gasteiger partial charge in [-0.05, 0) is 63.8 Å². The molecule has 2 aliphatic heterocycles. The van der Waals surface area contributed by atoms with E-state index in [0.717, 1.165) is 30.8 Å². The number of nitrogens with one attached hydrogen (secondary N) is 4. The Labute approximate surface area is 358 Å². The van der Waals surface area contributed by atoms with Gasteiger partial charge in [-0.3, -0.25) is 19.2 Å². The lowest BCUT2D eigenvalue weighted by atomic mass is 10.1. The van der Waals surface area contributed by atoms with Crippen LogP contribution in [0, 0.1) is 5.92 Å². The molecule has 1 saturated carbocycles. The first kappa shape index (κ1) is 43.3. The first-order chi connectivity index (χ1) is 29.3. The number of carbonyl (C=O) groups is 4. The van der Waals surface area contributed by atoms with Gasteiger partial charge in [0.2, 0.25) is 11.8 Å². The highest BCUT2D eigenvalue weighted by Gasteiger charge is 2.61. The first-order valence-electron chi connectivity index (χ1n) is 20.4. The van der Waals surface area contributed by atoms with Gasteiger partial charge in [0, 0.05) is 54.2 Å². The van der Waals surface area contributed by atoms with E-state index in [2.05, 4.69) is 20.7 Å². The van der Waals surface area contributed by atoms with Crippen LogP contribution in [-0.4, -0.2) is 98.0 Å². The van der Waals surface area contributed by atoms with Crippen LogP contribution in [-0.2, 0) is 33.9 Å². The molecule has 0 bridgehead atoms. The number of hydrogen-bond acceptors (Lipinski definition) is 14. The minimum absolute atomic E-state index is 0.0206. The summed E-state index contributed by atoms with van der Waals surface area (Å²) in [6, 6.07) is 12.6. The Balaban J connectivity index is 1.18. The molecular formula is C43H51N7O9S2. The van der Waals surface area contributed by atoms with Gasteiger partial charge in [0.05, 0.1) is 44.1 Å². The second kappa shape index (κ2) is 18.5. The maximum atomic E-state index is 14.5. The van der Waals surface area contributed by atoms with Crippen LogP contribution in [0.3, 0.4) is 0 Å². The molecule has 4 aromatic rings. The van der Waals surface area contributed by atoms with E-state index in [1.165, 1.54) is 29.4 Å². The maximum absolute atomic E-state index is 14.5. The van der Waals surface area contributed by atoms with E-state index >= 15 is 0 Å². The van der Waals surface area contributed by atoms with Crippen LogP contribution in [0.15, 0.2) is 71.0 Å². The molecule has 7 rings (SSSR count). The van der Waals surface area contributed by atoms with Crippen molar-refractivity contribution in [1.82, 2.24) is 24.9 Å². The molecule has 16 nitrogen and oxygen atoms in total. The number of sulfonamides is 1. The van der Waals surface area contributed by atoms with Crippen molar-refractivity contribution in [2.45, 2.75) is 93.8 Å². The predicted octanol–water partition coefficient (Wildman–Crippen LogP) is 5.41. The standard InChI is InChI=1S/C43H51N7O9S2/c1-26(2)45-42-47-34(25-60-42)33-22-36(30-16-15-28(57-3)20-32(30)46-33)59-29-21-35(50(24-29)38(51)17-18-39(52)58-4)40(53)48-43-23-27(43)12-8-6-5-7-11-19-44-31-13-9-10-14-37(31)61(55,56)49-41(43)54/h8-10,12-16,20,22,25-27,29,35,44H,5-7,11,17-19,21,23-24H2,1-4H3,(H,45,47)(H,48,53)(H,49,54)/b12-8-/t27?,29-,35+,43-/m1/s1. The molecule has 18 heteroatoms. The zero-order valence-corrected chi connectivity index (χ0v) is 36.2.